The number of nitrogens with zero attached hydrogens (tertiary/aromatic N) is 7. The molecule has 0 bridgehead atoms. The number of pyridine rings is 1. The second-order valence-electron chi connectivity index (χ2n) is 6.90. The third kappa shape index (κ3) is 4.06. The van der Waals surface area contributed by atoms with Crippen LogP contribution in [0.4, 0.5) is 10.2 Å². The molecule has 1 saturated heterocycles. The van der Waals surface area contributed by atoms with E-state index < -0.39 is 5.82 Å². The van der Waals surface area contributed by atoms with Crippen molar-refractivity contribution in [3.05, 3.63) is 64.8 Å². The molecule has 0 N–H and O–H groups in total. The molecule has 7 nitrogen and oxygen atoms in total. The van der Waals surface area contributed by atoms with Crippen LogP contribution >= 0.6 is 11.6 Å². The van der Waals surface area contributed by atoms with Gasteiger partial charge in [0.25, 0.3) is 0 Å². The first kappa shape index (κ1) is 19.3. The number of nitriles is 1. The summed E-state index contributed by atoms with van der Waals surface area (Å²) >= 11 is 5.98. The van der Waals surface area contributed by atoms with E-state index in [-0.39, 0.29) is 11.7 Å². The van der Waals surface area contributed by atoms with Crippen molar-refractivity contribution in [3.63, 3.8) is 0 Å². The predicted octanol–water partition coefficient (Wildman–Crippen LogP) is 3.21. The van der Waals surface area contributed by atoms with E-state index in [1.165, 1.54) is 22.9 Å². The Morgan fingerprint density at radius 3 is 2.66 bits per heavy atom. The topological polar surface area (TPSA) is 73.9 Å². The number of aromatic nitrogens is 4. The summed E-state index contributed by atoms with van der Waals surface area (Å²) in [5.41, 5.74) is 1.61. The lowest BCUT2D eigenvalue weighted by Crippen LogP contribution is -2.47. The number of halogens is 2. The highest BCUT2D eigenvalue weighted by Gasteiger charge is 2.25. The number of anilines is 1. The molecule has 1 aliphatic heterocycles. The van der Waals surface area contributed by atoms with E-state index in [1.807, 2.05) is 6.07 Å². The van der Waals surface area contributed by atoms with Crippen molar-refractivity contribution in [2.24, 2.45) is 0 Å². The minimum Gasteiger partial charge on any atom is -0.354 e. The normalized spacial score (nSPS) is 15.9. The van der Waals surface area contributed by atoms with Gasteiger partial charge < -0.3 is 4.90 Å². The van der Waals surface area contributed by atoms with Gasteiger partial charge in [-0.3, -0.25) is 4.90 Å². The first-order chi connectivity index (χ1) is 14.0. The standard InChI is InChI=1S/C20H19ClFN7/c1-14(18-13-29(26-25-18)19-10-16(21)3-4-17(19)22)27-6-8-28(9-7-27)20-5-2-15(11-23)12-24-20/h2-5,10,12-14H,6-9H2,1H3. The zero-order valence-corrected chi connectivity index (χ0v) is 16.6. The molecular formula is C20H19ClFN7. The highest BCUT2D eigenvalue weighted by atomic mass is 35.5. The van der Waals surface area contributed by atoms with Crippen LogP contribution in [-0.4, -0.2) is 51.1 Å². The van der Waals surface area contributed by atoms with Crippen LogP contribution in [0.15, 0.2) is 42.7 Å². The Labute approximate surface area is 172 Å². The smallest absolute Gasteiger partial charge is 0.149 e. The molecule has 0 spiro atoms. The Morgan fingerprint density at radius 2 is 1.97 bits per heavy atom. The molecule has 9 heteroatoms. The van der Waals surface area contributed by atoms with Crippen LogP contribution in [0.1, 0.15) is 24.2 Å². The monoisotopic (exact) mass is 411 g/mol. The zero-order chi connectivity index (χ0) is 20.4. The molecule has 0 saturated carbocycles. The molecule has 1 atom stereocenters. The molecule has 29 heavy (non-hydrogen) atoms. The second-order valence-corrected chi connectivity index (χ2v) is 7.34. The molecule has 2 aromatic heterocycles. The van der Waals surface area contributed by atoms with E-state index in [2.05, 4.69) is 38.1 Å². The Balaban J connectivity index is 1.42. The molecule has 1 aliphatic rings. The average molecular weight is 412 g/mol. The van der Waals surface area contributed by atoms with Crippen LogP contribution in [0.3, 0.4) is 0 Å². The maximum Gasteiger partial charge on any atom is 0.149 e. The first-order valence-electron chi connectivity index (χ1n) is 9.28. The van der Waals surface area contributed by atoms with E-state index in [0.717, 1.165) is 37.7 Å². The maximum absolute atomic E-state index is 14.1. The fourth-order valence-corrected chi connectivity index (χ4v) is 3.58. The van der Waals surface area contributed by atoms with Gasteiger partial charge in [0.1, 0.15) is 23.4 Å². The average Bonchev–Trinajstić information content (AvgIpc) is 3.25. The van der Waals surface area contributed by atoms with Gasteiger partial charge in [0.05, 0.1) is 23.5 Å². The quantitative estimate of drug-likeness (QED) is 0.656. The molecule has 3 aromatic rings. The van der Waals surface area contributed by atoms with E-state index in [4.69, 9.17) is 16.9 Å². The summed E-state index contributed by atoms with van der Waals surface area (Å²) in [6, 6.07) is 10.1. The fraction of sp³-hybridized carbons (Fsp3) is 0.300. The first-order valence-corrected chi connectivity index (χ1v) is 9.66. The molecule has 1 unspecified atom stereocenters. The van der Waals surface area contributed by atoms with Gasteiger partial charge in [-0.2, -0.15) is 5.26 Å². The molecule has 4 rings (SSSR count). The number of benzene rings is 1. The lowest BCUT2D eigenvalue weighted by atomic mass is 10.2. The summed E-state index contributed by atoms with van der Waals surface area (Å²) < 4.78 is 15.5. The van der Waals surface area contributed by atoms with Crippen molar-refractivity contribution < 1.29 is 4.39 Å². The molecule has 0 aliphatic carbocycles. The largest absolute Gasteiger partial charge is 0.354 e. The highest BCUT2D eigenvalue weighted by molar-refractivity contribution is 6.30. The molecule has 1 fully saturated rings. The van der Waals surface area contributed by atoms with E-state index in [9.17, 15) is 4.39 Å². The molecule has 0 amide bonds. The number of piperazine rings is 1. The van der Waals surface area contributed by atoms with E-state index in [1.54, 1.807) is 18.5 Å². The summed E-state index contributed by atoms with van der Waals surface area (Å²) in [7, 11) is 0. The van der Waals surface area contributed by atoms with Crippen molar-refractivity contribution >= 4 is 17.4 Å². The SMILES string of the molecule is CC(c1cn(-c2cc(Cl)ccc2F)nn1)N1CCN(c2ccc(C#N)cn2)CC1. The van der Waals surface area contributed by atoms with Gasteiger partial charge in [-0.15, -0.1) is 5.10 Å². The summed E-state index contributed by atoms with van der Waals surface area (Å²) in [6.45, 7) is 5.38. The minimum absolute atomic E-state index is 0.0436. The summed E-state index contributed by atoms with van der Waals surface area (Å²) in [5, 5.41) is 17.7. The van der Waals surface area contributed by atoms with Gasteiger partial charge in [-0.25, -0.2) is 14.1 Å². The van der Waals surface area contributed by atoms with Crippen LogP contribution in [0.5, 0.6) is 0 Å². The summed E-state index contributed by atoms with van der Waals surface area (Å²) in [4.78, 5) is 8.87. The third-order valence-corrected chi connectivity index (χ3v) is 5.39. The minimum atomic E-state index is -0.401. The highest BCUT2D eigenvalue weighted by Crippen LogP contribution is 2.24. The van der Waals surface area contributed by atoms with Crippen molar-refractivity contribution in [1.82, 2.24) is 24.9 Å². The fourth-order valence-electron chi connectivity index (χ4n) is 3.41. The van der Waals surface area contributed by atoms with Gasteiger partial charge >= 0.3 is 0 Å². The summed E-state index contributed by atoms with van der Waals surface area (Å²) in [6.07, 6.45) is 3.34. The zero-order valence-electron chi connectivity index (χ0n) is 15.8. The molecular weight excluding hydrogens is 393 g/mol. The Kier molecular flexibility index (Phi) is 5.43. The van der Waals surface area contributed by atoms with Crippen LogP contribution in [0, 0.1) is 17.1 Å². The van der Waals surface area contributed by atoms with Crippen LogP contribution in [0.2, 0.25) is 5.02 Å². The molecule has 0 radical (unpaired) electrons. The maximum atomic E-state index is 14.1. The second kappa shape index (κ2) is 8.15. The lowest BCUT2D eigenvalue weighted by Gasteiger charge is -2.37. The molecule has 148 valence electrons. The van der Waals surface area contributed by atoms with E-state index in [0.29, 0.717) is 10.6 Å². The van der Waals surface area contributed by atoms with Gasteiger partial charge in [-0.1, -0.05) is 16.8 Å². The number of hydrogen-bond acceptors (Lipinski definition) is 6. The predicted molar refractivity (Wildman–Crippen MR) is 107 cm³/mol. The third-order valence-electron chi connectivity index (χ3n) is 5.16. The Morgan fingerprint density at radius 1 is 1.17 bits per heavy atom. The van der Waals surface area contributed by atoms with Crippen molar-refractivity contribution in [2.45, 2.75) is 13.0 Å². The van der Waals surface area contributed by atoms with Crippen LogP contribution in [-0.2, 0) is 0 Å². The Hall–Kier alpha value is -3.02. The van der Waals surface area contributed by atoms with Crippen LogP contribution < -0.4 is 4.90 Å². The van der Waals surface area contributed by atoms with Gasteiger partial charge in [-0.05, 0) is 37.3 Å². The van der Waals surface area contributed by atoms with Crippen LogP contribution in [0.25, 0.3) is 5.69 Å². The molecule has 1 aromatic carbocycles. The van der Waals surface area contributed by atoms with Gasteiger partial charge in [0, 0.05) is 37.4 Å². The van der Waals surface area contributed by atoms with Crippen molar-refractivity contribution in [3.8, 4) is 11.8 Å². The van der Waals surface area contributed by atoms with Crippen molar-refractivity contribution in [1.29, 1.82) is 5.26 Å². The number of rotatable bonds is 4. The van der Waals surface area contributed by atoms with E-state index >= 15 is 0 Å². The van der Waals surface area contributed by atoms with Gasteiger partial charge in [0.15, 0.2) is 0 Å². The lowest BCUT2D eigenvalue weighted by molar-refractivity contribution is 0.195. The molecule has 3 heterocycles. The number of hydrogen-bond donors (Lipinski definition) is 0. The van der Waals surface area contributed by atoms with Gasteiger partial charge in [0.2, 0.25) is 0 Å². The summed E-state index contributed by atoms with van der Waals surface area (Å²) in [5.74, 6) is 0.473. The Bertz CT molecular complexity index is 1040. The van der Waals surface area contributed by atoms with Crippen molar-refractivity contribution in [2.75, 3.05) is 31.1 Å².